The van der Waals surface area contributed by atoms with E-state index in [0.717, 1.165) is 0 Å². The quantitative estimate of drug-likeness (QED) is 0.402. The van der Waals surface area contributed by atoms with E-state index in [-0.39, 0.29) is 17.5 Å². The van der Waals surface area contributed by atoms with E-state index in [2.05, 4.69) is 26.5 Å². The molecule has 0 fully saturated rings. The van der Waals surface area contributed by atoms with Gasteiger partial charge in [0.2, 0.25) is 11.9 Å². The molecule has 10 heteroatoms. The molecule has 0 atom stereocenters. The number of aromatic nitrogens is 5. The van der Waals surface area contributed by atoms with Crippen molar-refractivity contribution in [1.29, 1.82) is 0 Å². The van der Waals surface area contributed by atoms with Crippen LogP contribution >= 0.6 is 23.1 Å². The van der Waals surface area contributed by atoms with Crippen molar-refractivity contribution < 1.29 is 0 Å². The zero-order valence-corrected chi connectivity index (χ0v) is 13.6. The highest BCUT2D eigenvalue weighted by atomic mass is 32.2. The number of nitrogens with zero attached hydrogens (tertiary/aromatic N) is 5. The molecular weight excluding hydrogens is 334 g/mol. The van der Waals surface area contributed by atoms with Gasteiger partial charge in [0.05, 0.1) is 11.1 Å². The Bertz CT molecular complexity index is 913. The number of fused-ring (bicyclic) bond motifs is 1. The molecule has 8 nitrogen and oxygen atoms in total. The first-order valence-corrected chi connectivity index (χ1v) is 8.42. The second-order valence-electron chi connectivity index (χ2n) is 4.49. The van der Waals surface area contributed by atoms with E-state index in [0.29, 0.717) is 33.5 Å². The second-order valence-corrected chi connectivity index (χ2v) is 6.33. The summed E-state index contributed by atoms with van der Waals surface area (Å²) in [6.45, 7) is 4.06. The Hall–Kier alpha value is -2.46. The van der Waals surface area contributed by atoms with Crippen molar-refractivity contribution in [3.8, 4) is 0 Å². The summed E-state index contributed by atoms with van der Waals surface area (Å²) in [7, 11) is 0. The third kappa shape index (κ3) is 3.17. The lowest BCUT2D eigenvalue weighted by atomic mass is 10.4. The molecule has 0 amide bonds. The fraction of sp³-hybridized carbons (Fsp3) is 0.154. The number of hydrogen-bond acceptors (Lipinski definition) is 9. The van der Waals surface area contributed by atoms with Crippen molar-refractivity contribution in [2.24, 2.45) is 0 Å². The highest BCUT2D eigenvalue weighted by molar-refractivity contribution is 7.98. The first-order chi connectivity index (χ1) is 11.1. The molecule has 0 spiro atoms. The van der Waals surface area contributed by atoms with Gasteiger partial charge in [-0.2, -0.15) is 15.0 Å². The summed E-state index contributed by atoms with van der Waals surface area (Å²) in [6, 6.07) is 1.77. The van der Waals surface area contributed by atoms with Crippen LogP contribution in [-0.4, -0.2) is 24.5 Å². The molecule has 0 aromatic carbocycles. The van der Waals surface area contributed by atoms with Gasteiger partial charge in [0.25, 0.3) is 5.56 Å². The van der Waals surface area contributed by atoms with Gasteiger partial charge in [0.15, 0.2) is 5.16 Å². The van der Waals surface area contributed by atoms with Gasteiger partial charge in [-0.3, -0.25) is 9.36 Å². The van der Waals surface area contributed by atoms with Crippen LogP contribution in [0, 0.1) is 0 Å². The topological polar surface area (TPSA) is 126 Å². The number of hydrogen-bond donors (Lipinski definition) is 2. The minimum Gasteiger partial charge on any atom is -0.368 e. The number of anilines is 2. The van der Waals surface area contributed by atoms with Crippen LogP contribution in [0.3, 0.4) is 0 Å². The monoisotopic (exact) mass is 347 g/mol. The maximum atomic E-state index is 12.5. The van der Waals surface area contributed by atoms with Crippen LogP contribution in [0.25, 0.3) is 10.2 Å². The van der Waals surface area contributed by atoms with E-state index in [1.165, 1.54) is 23.1 Å². The van der Waals surface area contributed by atoms with Crippen LogP contribution in [0.1, 0.15) is 5.82 Å². The number of nitrogens with two attached hydrogens (primary N) is 2. The Labute approximate surface area is 139 Å². The Morgan fingerprint density at radius 3 is 2.70 bits per heavy atom. The molecule has 0 aliphatic heterocycles. The minimum absolute atomic E-state index is 0.0678. The van der Waals surface area contributed by atoms with Gasteiger partial charge in [-0.1, -0.05) is 17.8 Å². The van der Waals surface area contributed by atoms with E-state index in [1.807, 2.05) is 5.38 Å². The van der Waals surface area contributed by atoms with Gasteiger partial charge in [0.1, 0.15) is 10.7 Å². The molecule has 0 unspecified atom stereocenters. The first-order valence-electron chi connectivity index (χ1n) is 6.56. The lowest BCUT2D eigenvalue weighted by molar-refractivity contribution is 0.672. The molecule has 0 aliphatic rings. The molecule has 0 saturated heterocycles. The van der Waals surface area contributed by atoms with Crippen molar-refractivity contribution in [3.05, 3.63) is 40.3 Å². The molecule has 0 saturated carbocycles. The maximum absolute atomic E-state index is 12.5. The Kier molecular flexibility index (Phi) is 4.26. The van der Waals surface area contributed by atoms with Crippen molar-refractivity contribution in [2.45, 2.75) is 17.5 Å². The van der Waals surface area contributed by atoms with Gasteiger partial charge in [-0.05, 0) is 11.4 Å². The predicted octanol–water partition coefficient (Wildman–Crippen LogP) is 1.29. The summed E-state index contributed by atoms with van der Waals surface area (Å²) in [5, 5.41) is 3.02. The zero-order chi connectivity index (χ0) is 16.4. The summed E-state index contributed by atoms with van der Waals surface area (Å²) in [5.74, 6) is 0.944. The van der Waals surface area contributed by atoms with Crippen LogP contribution in [0.4, 0.5) is 11.9 Å². The van der Waals surface area contributed by atoms with Gasteiger partial charge in [-0.15, -0.1) is 17.9 Å². The average molecular weight is 347 g/mol. The fourth-order valence-corrected chi connectivity index (χ4v) is 3.65. The van der Waals surface area contributed by atoms with Crippen molar-refractivity contribution in [2.75, 3.05) is 11.5 Å². The molecule has 4 N–H and O–H groups in total. The lowest BCUT2D eigenvalue weighted by Gasteiger charge is -2.09. The van der Waals surface area contributed by atoms with Gasteiger partial charge < -0.3 is 11.5 Å². The molecule has 3 rings (SSSR count). The molecule has 0 radical (unpaired) electrons. The summed E-state index contributed by atoms with van der Waals surface area (Å²) < 4.78 is 1.57. The molecule has 0 aliphatic carbocycles. The van der Waals surface area contributed by atoms with Crippen LogP contribution in [0.15, 0.2) is 34.1 Å². The number of nitrogen functional groups attached to an aromatic ring is 2. The molecule has 118 valence electrons. The summed E-state index contributed by atoms with van der Waals surface area (Å²) >= 11 is 2.76. The second kappa shape index (κ2) is 6.34. The molecule has 0 bridgehead atoms. The summed E-state index contributed by atoms with van der Waals surface area (Å²) in [6.07, 6.45) is 1.66. The number of thioether (sulfide) groups is 1. The van der Waals surface area contributed by atoms with Gasteiger partial charge in [-0.25, -0.2) is 4.98 Å². The third-order valence-corrected chi connectivity index (χ3v) is 4.69. The molecule has 3 aromatic rings. The van der Waals surface area contributed by atoms with Crippen LogP contribution in [0.2, 0.25) is 0 Å². The maximum Gasteiger partial charge on any atom is 0.263 e. The van der Waals surface area contributed by atoms with E-state index < -0.39 is 0 Å². The summed E-state index contributed by atoms with van der Waals surface area (Å²) in [5.41, 5.74) is 11.0. The average Bonchev–Trinajstić information content (AvgIpc) is 2.96. The van der Waals surface area contributed by atoms with Gasteiger partial charge >= 0.3 is 0 Å². The van der Waals surface area contributed by atoms with Crippen LogP contribution in [-0.2, 0) is 12.3 Å². The third-order valence-electron chi connectivity index (χ3n) is 2.91. The Morgan fingerprint density at radius 2 is 2.00 bits per heavy atom. The standard InChI is InChI=1S/C13H13N7OS2/c1-2-4-20-10(21)7-3-5-22-9(7)18-13(20)23-6-8-16-11(14)19-12(15)17-8/h2-3,5H,1,4,6H2,(H4,14,15,16,17,19). The molecule has 23 heavy (non-hydrogen) atoms. The van der Waals surface area contributed by atoms with Crippen molar-refractivity contribution in [1.82, 2.24) is 24.5 Å². The molecular formula is C13H13N7OS2. The minimum atomic E-state index is -0.0895. The lowest BCUT2D eigenvalue weighted by Crippen LogP contribution is -2.22. The first kappa shape index (κ1) is 15.4. The zero-order valence-electron chi connectivity index (χ0n) is 12.0. The highest BCUT2D eigenvalue weighted by Gasteiger charge is 2.13. The Balaban J connectivity index is 1.96. The number of rotatable bonds is 5. The smallest absolute Gasteiger partial charge is 0.263 e. The van der Waals surface area contributed by atoms with Crippen molar-refractivity contribution >= 4 is 45.2 Å². The normalized spacial score (nSPS) is 11.0. The number of allylic oxidation sites excluding steroid dienone is 1. The molecule has 3 heterocycles. The Morgan fingerprint density at radius 1 is 1.26 bits per heavy atom. The van der Waals surface area contributed by atoms with Gasteiger partial charge in [0, 0.05) is 6.54 Å². The van der Waals surface area contributed by atoms with Crippen molar-refractivity contribution in [3.63, 3.8) is 0 Å². The largest absolute Gasteiger partial charge is 0.368 e. The van der Waals surface area contributed by atoms with E-state index in [1.54, 1.807) is 16.7 Å². The van der Waals surface area contributed by atoms with E-state index >= 15 is 0 Å². The van der Waals surface area contributed by atoms with E-state index in [9.17, 15) is 4.79 Å². The van der Waals surface area contributed by atoms with Crippen LogP contribution < -0.4 is 17.0 Å². The fourth-order valence-electron chi connectivity index (χ4n) is 1.98. The van der Waals surface area contributed by atoms with E-state index in [4.69, 9.17) is 11.5 Å². The summed E-state index contributed by atoms with van der Waals surface area (Å²) in [4.78, 5) is 29.5. The molecule has 3 aromatic heterocycles. The predicted molar refractivity (Wildman–Crippen MR) is 92.3 cm³/mol. The van der Waals surface area contributed by atoms with Crippen LogP contribution in [0.5, 0.6) is 0 Å². The SMILES string of the molecule is C=CCn1c(SCc2nc(N)nc(N)n2)nc2sccc2c1=O. The number of thiophene rings is 1. The highest BCUT2D eigenvalue weighted by Crippen LogP contribution is 2.23.